The monoisotopic (exact) mass is 399 g/mol. The topological polar surface area (TPSA) is 73.7 Å². The second kappa shape index (κ2) is 8.06. The smallest absolute Gasteiger partial charge is 0.389 e. The van der Waals surface area contributed by atoms with E-state index in [4.69, 9.17) is 0 Å². The average molecular weight is 399 g/mol. The zero-order valence-corrected chi connectivity index (χ0v) is 15.5. The van der Waals surface area contributed by atoms with Crippen LogP contribution in [0, 0.1) is 5.41 Å². The van der Waals surface area contributed by atoms with Crippen LogP contribution in [-0.2, 0) is 4.79 Å². The predicted molar refractivity (Wildman–Crippen MR) is 94.3 cm³/mol. The number of alkyl halides is 3. The molecule has 28 heavy (non-hydrogen) atoms. The van der Waals surface area contributed by atoms with Crippen molar-refractivity contribution in [3.8, 4) is 0 Å². The summed E-state index contributed by atoms with van der Waals surface area (Å²) in [6.45, 7) is 1.39. The molecule has 0 bridgehead atoms. The average Bonchev–Trinajstić information content (AvgIpc) is 2.65. The summed E-state index contributed by atoms with van der Waals surface area (Å²) >= 11 is 0. The highest BCUT2D eigenvalue weighted by Crippen LogP contribution is 2.40. The quantitative estimate of drug-likeness (QED) is 0.846. The van der Waals surface area contributed by atoms with Gasteiger partial charge < -0.3 is 14.9 Å². The molecule has 2 saturated heterocycles. The third kappa shape index (κ3) is 5.01. The van der Waals surface area contributed by atoms with Gasteiger partial charge in [0.15, 0.2) is 0 Å². The zero-order chi connectivity index (χ0) is 20.4. The van der Waals surface area contributed by atoms with E-state index in [2.05, 4.69) is 4.98 Å². The van der Waals surface area contributed by atoms with Crippen molar-refractivity contribution in [2.75, 3.05) is 26.2 Å². The lowest BCUT2D eigenvalue weighted by molar-refractivity contribution is -0.151. The molecule has 1 N–H and O–H groups in total. The van der Waals surface area contributed by atoms with Crippen LogP contribution < -0.4 is 0 Å². The number of pyridine rings is 1. The number of carbonyl (C=O) groups excluding carboxylic acids is 2. The van der Waals surface area contributed by atoms with Gasteiger partial charge in [0, 0.05) is 45.0 Å². The lowest BCUT2D eigenvalue weighted by Crippen LogP contribution is -2.55. The highest BCUT2D eigenvalue weighted by Gasteiger charge is 2.43. The molecular weight excluding hydrogens is 375 g/mol. The van der Waals surface area contributed by atoms with Gasteiger partial charge in [-0.1, -0.05) is 0 Å². The first kappa shape index (κ1) is 20.6. The number of amides is 2. The van der Waals surface area contributed by atoms with E-state index in [-0.39, 0.29) is 17.9 Å². The Morgan fingerprint density at radius 1 is 1.25 bits per heavy atom. The third-order valence-electron chi connectivity index (χ3n) is 5.62. The highest BCUT2D eigenvalue weighted by atomic mass is 19.4. The maximum atomic E-state index is 12.7. The number of aliphatic hydroxyl groups excluding tert-OH is 1. The van der Waals surface area contributed by atoms with Crippen LogP contribution in [0.5, 0.6) is 0 Å². The second-order valence-electron chi connectivity index (χ2n) is 7.78. The molecule has 154 valence electrons. The fourth-order valence-corrected chi connectivity index (χ4v) is 4.18. The maximum absolute atomic E-state index is 12.7. The molecule has 1 atom stereocenters. The number of halogens is 3. The molecule has 2 amide bonds. The Hall–Kier alpha value is -2.16. The van der Waals surface area contributed by atoms with Gasteiger partial charge >= 0.3 is 6.18 Å². The summed E-state index contributed by atoms with van der Waals surface area (Å²) in [5.41, 5.74) is 0.127. The molecule has 1 aromatic heterocycles. The maximum Gasteiger partial charge on any atom is 0.389 e. The van der Waals surface area contributed by atoms with Gasteiger partial charge in [0.2, 0.25) is 5.91 Å². The molecule has 9 heteroatoms. The van der Waals surface area contributed by atoms with Crippen LogP contribution in [0.15, 0.2) is 24.5 Å². The molecule has 6 nitrogen and oxygen atoms in total. The van der Waals surface area contributed by atoms with E-state index in [1.807, 2.05) is 0 Å². The van der Waals surface area contributed by atoms with Gasteiger partial charge in [-0.25, -0.2) is 0 Å². The van der Waals surface area contributed by atoms with Crippen molar-refractivity contribution in [3.05, 3.63) is 30.1 Å². The van der Waals surface area contributed by atoms with E-state index < -0.39 is 31.0 Å². The van der Waals surface area contributed by atoms with Gasteiger partial charge in [0.1, 0.15) is 0 Å². The van der Waals surface area contributed by atoms with Crippen molar-refractivity contribution in [2.24, 2.45) is 5.41 Å². The number of piperidine rings is 2. The Kier molecular flexibility index (Phi) is 5.92. The lowest BCUT2D eigenvalue weighted by Gasteiger charge is -2.49. The molecule has 2 aliphatic heterocycles. The fourth-order valence-electron chi connectivity index (χ4n) is 4.18. The first-order chi connectivity index (χ1) is 13.2. The van der Waals surface area contributed by atoms with E-state index in [1.54, 1.807) is 23.2 Å². The summed E-state index contributed by atoms with van der Waals surface area (Å²) in [6, 6.07) is 3.35. The molecule has 1 aromatic rings. The number of nitrogens with zero attached hydrogens (tertiary/aromatic N) is 3. The van der Waals surface area contributed by atoms with Crippen LogP contribution in [0.1, 0.15) is 42.5 Å². The SMILES string of the molecule is O=C(CCC(F)(F)F)N1CCC2(CC1)CC(O)CN(C(=O)c1cccnc1)C2. The van der Waals surface area contributed by atoms with Crippen LogP contribution in [0.3, 0.4) is 0 Å². The Morgan fingerprint density at radius 3 is 2.57 bits per heavy atom. The fraction of sp³-hybridized carbons (Fsp3) is 0.632. The second-order valence-corrected chi connectivity index (χ2v) is 7.78. The number of rotatable bonds is 3. The number of hydrogen-bond acceptors (Lipinski definition) is 4. The van der Waals surface area contributed by atoms with Crippen molar-refractivity contribution in [1.82, 2.24) is 14.8 Å². The molecule has 2 aliphatic rings. The number of aliphatic hydroxyl groups is 1. The number of aromatic nitrogens is 1. The van der Waals surface area contributed by atoms with E-state index in [0.717, 1.165) is 0 Å². The summed E-state index contributed by atoms with van der Waals surface area (Å²) in [5.74, 6) is -0.693. The number of carbonyl (C=O) groups is 2. The Balaban J connectivity index is 1.60. The van der Waals surface area contributed by atoms with Crippen molar-refractivity contribution in [2.45, 2.75) is 44.4 Å². The van der Waals surface area contributed by atoms with Crippen LogP contribution in [0.2, 0.25) is 0 Å². The molecule has 3 rings (SSSR count). The van der Waals surface area contributed by atoms with Gasteiger partial charge in [-0.15, -0.1) is 0 Å². The van der Waals surface area contributed by atoms with Gasteiger partial charge in [0.05, 0.1) is 18.1 Å². The molecule has 0 aromatic carbocycles. The Morgan fingerprint density at radius 2 is 1.96 bits per heavy atom. The van der Waals surface area contributed by atoms with Gasteiger partial charge in [-0.05, 0) is 36.8 Å². The summed E-state index contributed by atoms with van der Waals surface area (Å²) in [6.07, 6.45) is -1.96. The number of β-amino-alcohol motifs (C(OH)–C–C–N with tert-alkyl or cyclic N) is 1. The normalized spacial score (nSPS) is 22.4. The molecule has 1 spiro atoms. The zero-order valence-electron chi connectivity index (χ0n) is 15.5. The van der Waals surface area contributed by atoms with Crippen molar-refractivity contribution < 1.29 is 27.9 Å². The minimum Gasteiger partial charge on any atom is -0.391 e. The van der Waals surface area contributed by atoms with E-state index >= 15 is 0 Å². The molecule has 0 aliphatic carbocycles. The number of likely N-dealkylation sites (tertiary alicyclic amines) is 2. The minimum atomic E-state index is -4.34. The standard InChI is InChI=1S/C19H24F3N3O3/c20-19(21,22)4-3-16(27)24-8-5-18(6-9-24)10-15(26)12-25(13-18)17(28)14-2-1-7-23-11-14/h1-2,7,11,15,26H,3-6,8-10,12-13H2. The predicted octanol–water partition coefficient (Wildman–Crippen LogP) is 2.24. The molecule has 0 saturated carbocycles. The molecule has 3 heterocycles. The highest BCUT2D eigenvalue weighted by molar-refractivity contribution is 5.94. The van der Waals surface area contributed by atoms with Gasteiger partial charge in [0.25, 0.3) is 5.91 Å². The largest absolute Gasteiger partial charge is 0.391 e. The van der Waals surface area contributed by atoms with Crippen LogP contribution in [0.25, 0.3) is 0 Å². The van der Waals surface area contributed by atoms with Crippen LogP contribution >= 0.6 is 0 Å². The van der Waals surface area contributed by atoms with Crippen molar-refractivity contribution in [3.63, 3.8) is 0 Å². The van der Waals surface area contributed by atoms with Crippen molar-refractivity contribution in [1.29, 1.82) is 0 Å². The first-order valence-electron chi connectivity index (χ1n) is 9.39. The summed E-state index contributed by atoms with van der Waals surface area (Å²) in [4.78, 5) is 31.8. The van der Waals surface area contributed by atoms with Gasteiger partial charge in [-0.3, -0.25) is 14.6 Å². The van der Waals surface area contributed by atoms with E-state index in [1.165, 1.54) is 11.1 Å². The van der Waals surface area contributed by atoms with Crippen LogP contribution in [0.4, 0.5) is 13.2 Å². The Bertz CT molecular complexity index is 703. The minimum absolute atomic E-state index is 0.199. The van der Waals surface area contributed by atoms with Gasteiger partial charge in [-0.2, -0.15) is 13.2 Å². The molecule has 1 unspecified atom stereocenters. The van der Waals surface area contributed by atoms with E-state index in [9.17, 15) is 27.9 Å². The molecule has 2 fully saturated rings. The molecule has 0 radical (unpaired) electrons. The number of hydrogen-bond donors (Lipinski definition) is 1. The summed E-state index contributed by atoms with van der Waals surface area (Å²) in [5, 5.41) is 10.3. The van der Waals surface area contributed by atoms with Crippen molar-refractivity contribution >= 4 is 11.8 Å². The summed E-state index contributed by atoms with van der Waals surface area (Å²) < 4.78 is 37.0. The Labute approximate surface area is 161 Å². The molecular formula is C19H24F3N3O3. The summed E-state index contributed by atoms with van der Waals surface area (Å²) in [7, 11) is 0. The van der Waals surface area contributed by atoms with E-state index in [0.29, 0.717) is 44.5 Å². The third-order valence-corrected chi connectivity index (χ3v) is 5.62. The lowest BCUT2D eigenvalue weighted by atomic mass is 9.71. The first-order valence-corrected chi connectivity index (χ1v) is 9.39. The van der Waals surface area contributed by atoms with Crippen LogP contribution in [-0.4, -0.2) is 70.2 Å².